The average molecular weight is 475 g/mol. The number of fused-ring (bicyclic) bond motifs is 1. The number of aromatic nitrogens is 1. The van der Waals surface area contributed by atoms with E-state index in [1.165, 1.54) is 25.4 Å². The summed E-state index contributed by atoms with van der Waals surface area (Å²) >= 11 is -1.21. The number of hydrogen-bond acceptors (Lipinski definition) is 8. The number of pyridine rings is 1. The van der Waals surface area contributed by atoms with Crippen LogP contribution in [0.15, 0.2) is 63.3 Å². The van der Waals surface area contributed by atoms with Gasteiger partial charge in [0.05, 0.1) is 23.2 Å². The molecule has 3 aromatic rings. The topological polar surface area (TPSA) is 97.8 Å². The molecule has 170 valence electrons. The van der Waals surface area contributed by atoms with Gasteiger partial charge in [-0.1, -0.05) is 0 Å². The van der Waals surface area contributed by atoms with Gasteiger partial charge in [-0.2, -0.15) is 0 Å². The van der Waals surface area contributed by atoms with Crippen LogP contribution in [0.25, 0.3) is 10.9 Å². The number of nitrogens with one attached hydrogen (secondary N) is 1. The number of likely N-dealkylation sites (N-methyl/N-ethyl adjacent to an activating group) is 1. The predicted octanol–water partition coefficient (Wildman–Crippen LogP) is 2.39. The van der Waals surface area contributed by atoms with E-state index < -0.39 is 21.0 Å². The van der Waals surface area contributed by atoms with Crippen LogP contribution in [0.5, 0.6) is 5.75 Å². The molecule has 1 atom stereocenters. The third kappa shape index (κ3) is 4.55. The number of piperazine rings is 1. The largest absolute Gasteiger partial charge is 0.612 e. The molecule has 1 unspecified atom stereocenters. The van der Waals surface area contributed by atoms with Crippen molar-refractivity contribution in [3.8, 4) is 5.75 Å². The standard InChI is InChI=1S/C22H26N4O4S2/c1-25-10-12-26(13-11-25)24-22-19-14-17(31(3)27)6-9-20(19)23-15-21(22)32(28,29)18-7-4-16(30-2)5-8-18/h4-9,14-15H,10-13H2,1-3H3,(H,23,24). The van der Waals surface area contributed by atoms with Gasteiger partial charge >= 0.3 is 0 Å². The van der Waals surface area contributed by atoms with E-state index in [2.05, 4.69) is 22.4 Å². The molecule has 8 nitrogen and oxygen atoms in total. The molecular formula is C22H26N4O4S2. The smallest absolute Gasteiger partial charge is 0.210 e. The summed E-state index contributed by atoms with van der Waals surface area (Å²) in [6.07, 6.45) is 2.99. The first-order chi connectivity index (χ1) is 15.3. The van der Waals surface area contributed by atoms with E-state index in [9.17, 15) is 13.0 Å². The van der Waals surface area contributed by atoms with Crippen LogP contribution in [0.3, 0.4) is 0 Å². The van der Waals surface area contributed by atoms with Crippen molar-refractivity contribution < 1.29 is 17.7 Å². The van der Waals surface area contributed by atoms with Crippen LogP contribution in [0, 0.1) is 0 Å². The van der Waals surface area contributed by atoms with Gasteiger partial charge in [0.1, 0.15) is 16.9 Å². The third-order valence-electron chi connectivity index (χ3n) is 5.57. The van der Waals surface area contributed by atoms with Crippen molar-refractivity contribution in [1.82, 2.24) is 14.9 Å². The van der Waals surface area contributed by atoms with Gasteiger partial charge in [-0.15, -0.1) is 0 Å². The van der Waals surface area contributed by atoms with E-state index in [0.717, 1.165) is 26.2 Å². The van der Waals surface area contributed by atoms with Gasteiger partial charge in [0, 0.05) is 43.8 Å². The van der Waals surface area contributed by atoms with Gasteiger partial charge in [0.25, 0.3) is 0 Å². The molecule has 2 heterocycles. The summed E-state index contributed by atoms with van der Waals surface area (Å²) < 4.78 is 44.5. The van der Waals surface area contributed by atoms with E-state index >= 15 is 0 Å². The molecule has 0 radical (unpaired) electrons. The van der Waals surface area contributed by atoms with Gasteiger partial charge in [-0.3, -0.25) is 4.98 Å². The van der Waals surface area contributed by atoms with Crippen LogP contribution in [0.2, 0.25) is 0 Å². The highest BCUT2D eigenvalue weighted by molar-refractivity contribution is 7.91. The SMILES string of the molecule is COc1ccc(S(=O)(=O)c2cnc3ccc([S+](C)[O-])cc3c2NN2CCN(C)CC2)cc1. The van der Waals surface area contributed by atoms with E-state index in [-0.39, 0.29) is 9.79 Å². The minimum absolute atomic E-state index is 0.0770. The molecule has 0 amide bonds. The minimum atomic E-state index is -3.87. The molecule has 2 aromatic carbocycles. The molecular weight excluding hydrogens is 448 g/mol. The predicted molar refractivity (Wildman–Crippen MR) is 125 cm³/mol. The lowest BCUT2D eigenvalue weighted by Crippen LogP contribution is -2.47. The van der Waals surface area contributed by atoms with Crippen molar-refractivity contribution >= 4 is 37.6 Å². The molecule has 1 aliphatic heterocycles. The summed E-state index contributed by atoms with van der Waals surface area (Å²) in [5, 5.41) is 2.63. The third-order valence-corrected chi connectivity index (χ3v) is 8.27. The number of hydrazine groups is 1. The van der Waals surface area contributed by atoms with Gasteiger partial charge in [-0.05, 0) is 54.6 Å². The maximum Gasteiger partial charge on any atom is 0.210 e. The van der Waals surface area contributed by atoms with Crippen LogP contribution >= 0.6 is 0 Å². The maximum atomic E-state index is 13.6. The zero-order chi connectivity index (χ0) is 22.9. The van der Waals surface area contributed by atoms with Gasteiger partial charge < -0.3 is 19.6 Å². The Labute approximate surface area is 191 Å². The number of rotatable bonds is 6. The van der Waals surface area contributed by atoms with E-state index in [1.54, 1.807) is 36.6 Å². The molecule has 1 saturated heterocycles. The fourth-order valence-electron chi connectivity index (χ4n) is 3.61. The van der Waals surface area contributed by atoms with Crippen LogP contribution < -0.4 is 10.2 Å². The Morgan fingerprint density at radius 3 is 2.41 bits per heavy atom. The first kappa shape index (κ1) is 22.8. The Morgan fingerprint density at radius 2 is 1.78 bits per heavy atom. The summed E-state index contributed by atoms with van der Waals surface area (Å²) in [5.41, 5.74) is 4.42. The van der Waals surface area contributed by atoms with Crippen LogP contribution in [-0.2, 0) is 21.0 Å². The van der Waals surface area contributed by atoms with Crippen LogP contribution in [0.1, 0.15) is 0 Å². The zero-order valence-corrected chi connectivity index (χ0v) is 19.9. The monoisotopic (exact) mass is 474 g/mol. The summed E-state index contributed by atoms with van der Waals surface area (Å²) in [6.45, 7) is 3.20. The molecule has 32 heavy (non-hydrogen) atoms. The van der Waals surface area contributed by atoms with Gasteiger partial charge in [0.15, 0.2) is 4.90 Å². The van der Waals surface area contributed by atoms with E-state index in [1.807, 2.05) is 5.01 Å². The first-order valence-electron chi connectivity index (χ1n) is 10.1. The summed E-state index contributed by atoms with van der Waals surface area (Å²) in [5.74, 6) is 0.575. The fourth-order valence-corrected chi connectivity index (χ4v) is 5.52. The fraction of sp³-hybridized carbons (Fsp3) is 0.318. The Balaban J connectivity index is 1.86. The molecule has 1 aromatic heterocycles. The molecule has 0 aliphatic carbocycles. The Hall–Kier alpha value is -2.37. The number of methoxy groups -OCH3 is 1. The Morgan fingerprint density at radius 1 is 1.09 bits per heavy atom. The van der Waals surface area contributed by atoms with E-state index in [0.29, 0.717) is 27.2 Å². The second-order valence-electron chi connectivity index (χ2n) is 7.71. The summed E-state index contributed by atoms with van der Waals surface area (Å²) in [4.78, 5) is 7.46. The summed E-state index contributed by atoms with van der Waals surface area (Å²) in [6, 6.07) is 11.6. The van der Waals surface area contributed by atoms with Crippen molar-refractivity contribution in [3.05, 3.63) is 48.7 Å². The number of benzene rings is 2. The van der Waals surface area contributed by atoms with Gasteiger partial charge in [0.2, 0.25) is 9.84 Å². The van der Waals surface area contributed by atoms with Crippen LogP contribution in [0.4, 0.5) is 5.69 Å². The van der Waals surface area contributed by atoms with Crippen molar-refractivity contribution in [3.63, 3.8) is 0 Å². The number of sulfone groups is 1. The quantitative estimate of drug-likeness (QED) is 0.544. The highest BCUT2D eigenvalue weighted by Crippen LogP contribution is 2.35. The van der Waals surface area contributed by atoms with Crippen molar-refractivity contribution in [2.75, 3.05) is 52.0 Å². The lowest BCUT2D eigenvalue weighted by atomic mass is 10.2. The average Bonchev–Trinajstić information content (AvgIpc) is 2.80. The Bertz CT molecular complexity index is 1210. The van der Waals surface area contributed by atoms with Crippen molar-refractivity contribution in [2.45, 2.75) is 14.7 Å². The second-order valence-corrected chi connectivity index (χ2v) is 11.0. The highest BCUT2D eigenvalue weighted by atomic mass is 32.2. The molecule has 4 rings (SSSR count). The molecule has 0 spiro atoms. The minimum Gasteiger partial charge on any atom is -0.612 e. The molecule has 10 heteroatoms. The molecule has 1 fully saturated rings. The number of ether oxygens (including phenoxy) is 1. The Kier molecular flexibility index (Phi) is 6.59. The van der Waals surface area contributed by atoms with Crippen molar-refractivity contribution in [2.24, 2.45) is 0 Å². The maximum absolute atomic E-state index is 13.6. The van der Waals surface area contributed by atoms with Gasteiger partial charge in [-0.25, -0.2) is 13.4 Å². The molecule has 1 aliphatic rings. The first-order valence-corrected chi connectivity index (χ1v) is 13.2. The zero-order valence-electron chi connectivity index (χ0n) is 18.2. The normalized spacial score (nSPS) is 16.8. The number of hydrogen-bond donors (Lipinski definition) is 1. The lowest BCUT2D eigenvalue weighted by Gasteiger charge is -2.33. The lowest BCUT2D eigenvalue weighted by molar-refractivity contribution is 0.179. The number of anilines is 1. The second kappa shape index (κ2) is 9.24. The van der Waals surface area contributed by atoms with Crippen molar-refractivity contribution in [1.29, 1.82) is 0 Å². The molecule has 1 N–H and O–H groups in total. The number of nitrogens with zero attached hydrogens (tertiary/aromatic N) is 3. The highest BCUT2D eigenvalue weighted by Gasteiger charge is 2.26. The molecule has 0 saturated carbocycles. The molecule has 0 bridgehead atoms. The van der Waals surface area contributed by atoms with Crippen LogP contribution in [-0.4, -0.2) is 74.5 Å². The van der Waals surface area contributed by atoms with E-state index in [4.69, 9.17) is 4.74 Å². The summed E-state index contributed by atoms with van der Waals surface area (Å²) in [7, 11) is -0.285.